The number of aliphatic carboxylic acids is 1. The standard InChI is InChI=1S/C16H25N5O5/c1-3-5-17-15(21-16(25)26-4-2)20-7-10-9-6-18-13(12(9)10)14(24)19-8-11(22)23/h3,9-10,12-13,18H,1,4-8H2,2H3,(H,19,24)(H,22,23)(H2,17,20,21,25)/t9-,10-,12-,13+/m1/s1. The summed E-state index contributed by atoms with van der Waals surface area (Å²) >= 11 is 0. The molecule has 0 radical (unpaired) electrons. The maximum Gasteiger partial charge on any atom is 0.413 e. The van der Waals surface area contributed by atoms with Gasteiger partial charge in [0.25, 0.3) is 0 Å². The number of carbonyl (C=O) groups excluding carboxylic acids is 2. The monoisotopic (exact) mass is 367 g/mol. The molecule has 0 aromatic rings. The topological polar surface area (TPSA) is 141 Å². The molecular weight excluding hydrogens is 342 g/mol. The summed E-state index contributed by atoms with van der Waals surface area (Å²) in [6.45, 7) is 6.76. The minimum atomic E-state index is -1.08. The molecular formula is C16H25N5O5. The van der Waals surface area contributed by atoms with Crippen molar-refractivity contribution in [2.45, 2.75) is 13.0 Å². The van der Waals surface area contributed by atoms with Crippen molar-refractivity contribution < 1.29 is 24.2 Å². The second-order valence-electron chi connectivity index (χ2n) is 6.11. The molecule has 26 heavy (non-hydrogen) atoms. The van der Waals surface area contributed by atoms with Crippen molar-refractivity contribution in [3.8, 4) is 0 Å². The molecule has 2 rings (SSSR count). The van der Waals surface area contributed by atoms with Crippen LogP contribution in [0.4, 0.5) is 4.79 Å². The lowest BCUT2D eigenvalue weighted by atomic mass is 10.1. The van der Waals surface area contributed by atoms with Gasteiger partial charge < -0.3 is 25.8 Å². The van der Waals surface area contributed by atoms with Gasteiger partial charge in [0, 0.05) is 13.1 Å². The minimum absolute atomic E-state index is 0.121. The SMILES string of the molecule is C=CCNC(=NC[C@@H]1[C@H]2CN[C@H](C(=O)NCC(=O)O)[C@@H]12)NC(=O)OCC. The van der Waals surface area contributed by atoms with Gasteiger partial charge in [0.2, 0.25) is 11.9 Å². The summed E-state index contributed by atoms with van der Waals surface area (Å²) in [6.07, 6.45) is 1.05. The highest BCUT2D eigenvalue weighted by molar-refractivity contribution is 5.94. The smallest absolute Gasteiger partial charge is 0.413 e. The molecule has 10 nitrogen and oxygen atoms in total. The van der Waals surface area contributed by atoms with E-state index in [1.54, 1.807) is 13.0 Å². The maximum absolute atomic E-state index is 12.1. The fraction of sp³-hybridized carbons (Fsp3) is 0.625. The van der Waals surface area contributed by atoms with Crippen LogP contribution >= 0.6 is 0 Å². The molecule has 0 unspecified atom stereocenters. The second kappa shape index (κ2) is 9.18. The molecule has 0 aromatic heterocycles. The van der Waals surface area contributed by atoms with Crippen LogP contribution in [0.15, 0.2) is 17.6 Å². The van der Waals surface area contributed by atoms with E-state index in [0.717, 1.165) is 0 Å². The lowest BCUT2D eigenvalue weighted by molar-refractivity contribution is -0.138. The van der Waals surface area contributed by atoms with Crippen molar-refractivity contribution in [3.05, 3.63) is 12.7 Å². The third-order valence-electron chi connectivity index (χ3n) is 4.42. The van der Waals surface area contributed by atoms with Crippen LogP contribution in [0.2, 0.25) is 0 Å². The average molecular weight is 367 g/mol. The lowest BCUT2D eigenvalue weighted by Crippen LogP contribution is -2.45. The molecule has 1 aliphatic carbocycles. The van der Waals surface area contributed by atoms with E-state index in [9.17, 15) is 14.4 Å². The zero-order valence-electron chi connectivity index (χ0n) is 14.7. The van der Waals surface area contributed by atoms with Crippen molar-refractivity contribution in [1.82, 2.24) is 21.3 Å². The van der Waals surface area contributed by atoms with Crippen LogP contribution in [0.1, 0.15) is 6.92 Å². The second-order valence-corrected chi connectivity index (χ2v) is 6.11. The van der Waals surface area contributed by atoms with Gasteiger partial charge in [-0.1, -0.05) is 6.08 Å². The molecule has 0 bridgehead atoms. The Morgan fingerprint density at radius 3 is 2.81 bits per heavy atom. The van der Waals surface area contributed by atoms with Gasteiger partial charge in [-0.15, -0.1) is 6.58 Å². The normalized spacial score (nSPS) is 26.4. The van der Waals surface area contributed by atoms with Crippen LogP contribution in [-0.4, -0.2) is 67.9 Å². The Bertz CT molecular complexity index is 594. The highest BCUT2D eigenvalue weighted by Gasteiger charge is 2.59. The Morgan fingerprint density at radius 2 is 2.15 bits per heavy atom. The molecule has 144 valence electrons. The molecule has 0 spiro atoms. The number of alkyl carbamates (subject to hydrolysis) is 1. The number of amides is 2. The highest BCUT2D eigenvalue weighted by Crippen LogP contribution is 2.52. The summed E-state index contributed by atoms with van der Waals surface area (Å²) in [5, 5.41) is 19.6. The molecule has 2 amide bonds. The highest BCUT2D eigenvalue weighted by atomic mass is 16.5. The Balaban J connectivity index is 1.88. The van der Waals surface area contributed by atoms with Crippen LogP contribution in [0, 0.1) is 17.8 Å². The lowest BCUT2D eigenvalue weighted by Gasteiger charge is -2.15. The summed E-state index contributed by atoms with van der Waals surface area (Å²) in [7, 11) is 0. The zero-order valence-corrected chi connectivity index (χ0v) is 14.7. The first-order valence-electron chi connectivity index (χ1n) is 8.53. The van der Waals surface area contributed by atoms with Crippen LogP contribution in [0.5, 0.6) is 0 Å². The third-order valence-corrected chi connectivity index (χ3v) is 4.42. The van der Waals surface area contributed by atoms with Gasteiger partial charge in [-0.05, 0) is 31.2 Å². The van der Waals surface area contributed by atoms with Crippen molar-refractivity contribution in [2.24, 2.45) is 22.7 Å². The number of piperidine rings is 1. The molecule has 4 atom stereocenters. The average Bonchev–Trinajstić information content (AvgIpc) is 3.09. The van der Waals surface area contributed by atoms with Crippen molar-refractivity contribution in [2.75, 3.05) is 32.8 Å². The van der Waals surface area contributed by atoms with Gasteiger partial charge in [0.1, 0.15) is 6.54 Å². The van der Waals surface area contributed by atoms with E-state index in [1.807, 2.05) is 0 Å². The molecule has 2 fully saturated rings. The van der Waals surface area contributed by atoms with Gasteiger partial charge in [0.15, 0.2) is 0 Å². The van der Waals surface area contributed by atoms with Crippen LogP contribution in [0.25, 0.3) is 0 Å². The van der Waals surface area contributed by atoms with Gasteiger partial charge in [-0.25, -0.2) is 4.79 Å². The molecule has 5 N–H and O–H groups in total. The molecule has 1 saturated heterocycles. The molecule has 2 aliphatic rings. The van der Waals surface area contributed by atoms with E-state index in [4.69, 9.17) is 9.84 Å². The quantitative estimate of drug-likeness (QED) is 0.208. The van der Waals surface area contributed by atoms with Crippen molar-refractivity contribution >= 4 is 23.9 Å². The largest absolute Gasteiger partial charge is 0.480 e. The Morgan fingerprint density at radius 1 is 1.38 bits per heavy atom. The van der Waals surface area contributed by atoms with E-state index in [-0.39, 0.29) is 24.3 Å². The first kappa shape index (κ1) is 19.7. The number of rotatable bonds is 8. The Labute approximate surface area is 151 Å². The molecule has 1 saturated carbocycles. The number of carboxylic acids is 1. The van der Waals surface area contributed by atoms with Gasteiger partial charge in [-0.3, -0.25) is 19.9 Å². The number of carbonyl (C=O) groups is 3. The number of ether oxygens (including phenoxy) is 1. The van der Waals surface area contributed by atoms with E-state index < -0.39 is 24.6 Å². The number of nitrogens with one attached hydrogen (secondary N) is 4. The van der Waals surface area contributed by atoms with Crippen molar-refractivity contribution in [1.29, 1.82) is 0 Å². The molecule has 10 heteroatoms. The van der Waals surface area contributed by atoms with Crippen LogP contribution in [0.3, 0.4) is 0 Å². The number of hydrogen-bond acceptors (Lipinski definition) is 6. The molecule has 1 heterocycles. The Kier molecular flexibility index (Phi) is 6.96. The fourth-order valence-electron chi connectivity index (χ4n) is 3.22. The van der Waals surface area contributed by atoms with E-state index >= 15 is 0 Å². The van der Waals surface area contributed by atoms with Crippen molar-refractivity contribution in [3.63, 3.8) is 0 Å². The van der Waals surface area contributed by atoms with E-state index in [0.29, 0.717) is 31.5 Å². The van der Waals surface area contributed by atoms with Gasteiger partial charge in [-0.2, -0.15) is 0 Å². The summed E-state index contributed by atoms with van der Waals surface area (Å²) in [5.74, 6) is -0.429. The molecule has 0 aromatic carbocycles. The fourth-order valence-corrected chi connectivity index (χ4v) is 3.22. The van der Waals surface area contributed by atoms with Crippen LogP contribution in [-0.2, 0) is 14.3 Å². The molecule has 1 aliphatic heterocycles. The zero-order chi connectivity index (χ0) is 19.1. The van der Waals surface area contributed by atoms with Gasteiger partial charge >= 0.3 is 12.1 Å². The van der Waals surface area contributed by atoms with E-state index in [1.165, 1.54) is 0 Å². The summed E-state index contributed by atoms with van der Waals surface area (Å²) in [4.78, 5) is 38.6. The maximum atomic E-state index is 12.1. The number of fused-ring (bicyclic) bond motifs is 1. The number of aliphatic imine (C=N–C) groups is 1. The predicted octanol–water partition coefficient (Wildman–Crippen LogP) is -1.10. The number of carboxylic acid groups (broad SMARTS) is 1. The summed E-state index contributed by atoms with van der Waals surface area (Å²) in [5.41, 5.74) is 0. The van der Waals surface area contributed by atoms with Gasteiger partial charge in [0.05, 0.1) is 12.6 Å². The number of nitrogens with zero attached hydrogens (tertiary/aromatic N) is 1. The Hall–Kier alpha value is -2.62. The number of hydrogen-bond donors (Lipinski definition) is 5. The summed E-state index contributed by atoms with van der Waals surface area (Å²) < 4.78 is 4.84. The number of guanidine groups is 1. The first-order valence-corrected chi connectivity index (χ1v) is 8.53. The first-order chi connectivity index (χ1) is 12.5. The minimum Gasteiger partial charge on any atom is -0.480 e. The van der Waals surface area contributed by atoms with Crippen LogP contribution < -0.4 is 21.3 Å². The third kappa shape index (κ3) is 5.19. The van der Waals surface area contributed by atoms with E-state index in [2.05, 4.69) is 32.8 Å². The summed E-state index contributed by atoms with van der Waals surface area (Å²) in [6, 6.07) is -0.401. The predicted molar refractivity (Wildman–Crippen MR) is 93.6 cm³/mol.